The SMILES string of the molecule is Nc1ncnc2c1nc(Sc1cc3c(cc1-c1ccco1)OCO3)n2CCS(=O)[O-]. The first-order chi connectivity index (χ1) is 14.6. The van der Waals surface area contributed by atoms with Gasteiger partial charge in [0.25, 0.3) is 0 Å². The van der Waals surface area contributed by atoms with Gasteiger partial charge >= 0.3 is 0 Å². The first-order valence-electron chi connectivity index (χ1n) is 8.78. The van der Waals surface area contributed by atoms with Gasteiger partial charge in [0.05, 0.1) is 6.26 Å². The van der Waals surface area contributed by atoms with Crippen LogP contribution in [0, 0.1) is 0 Å². The zero-order valence-corrected chi connectivity index (χ0v) is 16.9. The van der Waals surface area contributed by atoms with E-state index in [0.29, 0.717) is 33.6 Å². The number of aromatic nitrogens is 4. The van der Waals surface area contributed by atoms with Crippen LogP contribution in [-0.4, -0.2) is 40.8 Å². The van der Waals surface area contributed by atoms with Crippen molar-refractivity contribution >= 4 is 39.8 Å². The molecule has 1 unspecified atom stereocenters. The molecule has 3 aromatic heterocycles. The fourth-order valence-electron chi connectivity index (χ4n) is 3.11. The second-order valence-corrected chi connectivity index (χ2v) is 8.29. The van der Waals surface area contributed by atoms with Gasteiger partial charge in [-0.15, -0.1) is 0 Å². The molecule has 0 aliphatic carbocycles. The van der Waals surface area contributed by atoms with E-state index in [1.165, 1.54) is 18.1 Å². The fourth-order valence-corrected chi connectivity index (χ4v) is 4.50. The number of hydrogen-bond acceptors (Lipinski definition) is 10. The number of imidazole rings is 1. The van der Waals surface area contributed by atoms with Crippen molar-refractivity contribution in [1.29, 1.82) is 0 Å². The lowest BCUT2D eigenvalue weighted by Gasteiger charge is -2.12. The van der Waals surface area contributed by atoms with Gasteiger partial charge in [0, 0.05) is 22.8 Å². The molecule has 0 radical (unpaired) electrons. The van der Waals surface area contributed by atoms with Gasteiger partial charge in [-0.1, -0.05) is 22.8 Å². The summed E-state index contributed by atoms with van der Waals surface area (Å²) in [4.78, 5) is 13.6. The van der Waals surface area contributed by atoms with Crippen molar-refractivity contribution in [2.75, 3.05) is 18.3 Å². The Hall–Kier alpha value is -3.09. The number of fused-ring (bicyclic) bond motifs is 2. The number of rotatable bonds is 6. The summed E-state index contributed by atoms with van der Waals surface area (Å²) in [6.07, 6.45) is 2.91. The minimum absolute atomic E-state index is 0.0882. The minimum atomic E-state index is -2.22. The van der Waals surface area contributed by atoms with Crippen LogP contribution in [0.4, 0.5) is 5.82 Å². The van der Waals surface area contributed by atoms with Crippen molar-refractivity contribution in [3.63, 3.8) is 0 Å². The Bertz CT molecular complexity index is 1260. The van der Waals surface area contributed by atoms with Crippen LogP contribution >= 0.6 is 11.8 Å². The van der Waals surface area contributed by atoms with Crippen molar-refractivity contribution in [3.8, 4) is 22.8 Å². The molecule has 1 atom stereocenters. The molecule has 10 nitrogen and oxygen atoms in total. The van der Waals surface area contributed by atoms with Crippen LogP contribution in [0.3, 0.4) is 0 Å². The summed E-state index contributed by atoms with van der Waals surface area (Å²) in [5.74, 6) is 2.01. The quantitative estimate of drug-likeness (QED) is 0.441. The summed E-state index contributed by atoms with van der Waals surface area (Å²) in [6.45, 7) is 0.313. The number of hydrogen-bond donors (Lipinski definition) is 1. The van der Waals surface area contributed by atoms with E-state index in [0.717, 1.165) is 10.5 Å². The number of nitrogens with zero attached hydrogens (tertiary/aromatic N) is 4. The lowest BCUT2D eigenvalue weighted by Crippen LogP contribution is -2.09. The Morgan fingerprint density at radius 1 is 1.27 bits per heavy atom. The number of nitrogens with two attached hydrogens (primary N) is 1. The zero-order valence-electron chi connectivity index (χ0n) is 15.3. The van der Waals surface area contributed by atoms with E-state index in [9.17, 15) is 8.76 Å². The molecule has 0 fully saturated rings. The number of benzene rings is 1. The van der Waals surface area contributed by atoms with E-state index in [2.05, 4.69) is 15.0 Å². The van der Waals surface area contributed by atoms with E-state index in [1.807, 2.05) is 18.2 Å². The van der Waals surface area contributed by atoms with Crippen LogP contribution in [-0.2, 0) is 17.6 Å². The molecule has 1 aliphatic rings. The van der Waals surface area contributed by atoms with E-state index < -0.39 is 11.1 Å². The van der Waals surface area contributed by atoms with Crippen LogP contribution in [0.5, 0.6) is 11.5 Å². The molecular weight excluding hydrogens is 430 g/mol. The van der Waals surface area contributed by atoms with Gasteiger partial charge < -0.3 is 28.7 Å². The average Bonchev–Trinajstić information content (AvgIpc) is 3.46. The Labute approximate surface area is 176 Å². The summed E-state index contributed by atoms with van der Waals surface area (Å²) in [7, 11) is 0. The maximum atomic E-state index is 11.2. The summed E-state index contributed by atoms with van der Waals surface area (Å²) in [6, 6.07) is 7.32. The average molecular weight is 444 g/mol. The van der Waals surface area contributed by atoms with Gasteiger partial charge in [0.2, 0.25) is 6.79 Å². The number of anilines is 1. The molecule has 0 bridgehead atoms. The molecule has 4 heterocycles. The van der Waals surface area contributed by atoms with E-state index >= 15 is 0 Å². The highest BCUT2D eigenvalue weighted by molar-refractivity contribution is 7.99. The highest BCUT2D eigenvalue weighted by Gasteiger charge is 2.23. The Balaban J connectivity index is 1.63. The molecule has 0 amide bonds. The monoisotopic (exact) mass is 444 g/mol. The Kier molecular flexibility index (Phi) is 4.81. The molecule has 154 valence electrons. The van der Waals surface area contributed by atoms with Crippen molar-refractivity contribution in [1.82, 2.24) is 19.5 Å². The second kappa shape index (κ2) is 7.63. The number of nitrogen functional groups attached to an aromatic ring is 1. The molecular formula is C18H14N5O5S2-. The maximum Gasteiger partial charge on any atom is 0.231 e. The summed E-state index contributed by atoms with van der Waals surface area (Å²) >= 11 is -0.893. The summed E-state index contributed by atoms with van der Waals surface area (Å²) in [5, 5.41) is 0.523. The van der Waals surface area contributed by atoms with Crippen LogP contribution in [0.15, 0.2) is 51.3 Å². The first kappa shape index (κ1) is 18.9. The minimum Gasteiger partial charge on any atom is -0.772 e. The van der Waals surface area contributed by atoms with Gasteiger partial charge in [-0.3, -0.25) is 4.21 Å². The number of furan rings is 1. The zero-order chi connectivity index (χ0) is 20.7. The highest BCUT2D eigenvalue weighted by Crippen LogP contribution is 2.45. The number of ether oxygens (including phenoxy) is 2. The molecule has 5 rings (SSSR count). The fraction of sp³-hybridized carbons (Fsp3) is 0.167. The van der Waals surface area contributed by atoms with Crippen LogP contribution < -0.4 is 15.2 Å². The standard InChI is InChI=1S/C18H15N5O5S2/c19-16-15-17(21-8-20-16)23(3-5-30(24)25)18(22-15)29-14-7-13-12(27-9-28-13)6-10(14)11-2-1-4-26-11/h1-2,4,6-8H,3,5,9H2,(H,24,25)(H2,19,20,21)/p-1. The predicted octanol–water partition coefficient (Wildman–Crippen LogP) is 2.43. The molecule has 0 saturated carbocycles. The molecule has 2 N–H and O–H groups in total. The number of aryl methyl sites for hydroxylation is 1. The normalized spacial score (nSPS) is 13.8. The second-order valence-electron chi connectivity index (χ2n) is 6.27. The van der Waals surface area contributed by atoms with Gasteiger partial charge in [-0.25, -0.2) is 15.0 Å². The first-order valence-corrected chi connectivity index (χ1v) is 10.8. The third-order valence-corrected chi connectivity index (χ3v) is 6.04. The van der Waals surface area contributed by atoms with E-state index in [1.54, 1.807) is 16.9 Å². The smallest absolute Gasteiger partial charge is 0.231 e. The van der Waals surface area contributed by atoms with Crippen molar-refractivity contribution in [3.05, 3.63) is 36.9 Å². The molecule has 0 spiro atoms. The van der Waals surface area contributed by atoms with Crippen LogP contribution in [0.25, 0.3) is 22.5 Å². The summed E-state index contributed by atoms with van der Waals surface area (Å²) < 4.78 is 40.6. The van der Waals surface area contributed by atoms with Gasteiger partial charge in [-0.2, -0.15) is 0 Å². The van der Waals surface area contributed by atoms with Crippen molar-refractivity contribution < 1.29 is 22.7 Å². The molecule has 12 heteroatoms. The molecule has 30 heavy (non-hydrogen) atoms. The Morgan fingerprint density at radius 2 is 2.10 bits per heavy atom. The van der Waals surface area contributed by atoms with Gasteiger partial charge in [0.15, 0.2) is 33.6 Å². The summed E-state index contributed by atoms with van der Waals surface area (Å²) in [5.41, 5.74) is 7.63. The van der Waals surface area contributed by atoms with E-state index in [-0.39, 0.29) is 24.9 Å². The van der Waals surface area contributed by atoms with Gasteiger partial charge in [-0.05, 0) is 24.3 Å². The highest BCUT2D eigenvalue weighted by atomic mass is 32.2. The topological polar surface area (TPSA) is 141 Å². The van der Waals surface area contributed by atoms with Crippen LogP contribution in [0.1, 0.15) is 0 Å². The third-order valence-electron chi connectivity index (χ3n) is 4.47. The van der Waals surface area contributed by atoms with Crippen molar-refractivity contribution in [2.24, 2.45) is 0 Å². The lowest BCUT2D eigenvalue weighted by atomic mass is 10.1. The van der Waals surface area contributed by atoms with Crippen molar-refractivity contribution in [2.45, 2.75) is 16.6 Å². The molecule has 1 aliphatic heterocycles. The molecule has 1 aromatic carbocycles. The Morgan fingerprint density at radius 3 is 2.87 bits per heavy atom. The van der Waals surface area contributed by atoms with E-state index in [4.69, 9.17) is 19.6 Å². The largest absolute Gasteiger partial charge is 0.772 e. The van der Waals surface area contributed by atoms with Crippen LogP contribution in [0.2, 0.25) is 0 Å². The molecule has 4 aromatic rings. The maximum absolute atomic E-state index is 11.2. The molecule has 0 saturated heterocycles. The predicted molar refractivity (Wildman–Crippen MR) is 108 cm³/mol. The lowest BCUT2D eigenvalue weighted by molar-refractivity contribution is 0.174. The van der Waals surface area contributed by atoms with Gasteiger partial charge in [0.1, 0.15) is 12.1 Å². The third kappa shape index (κ3) is 3.38.